The van der Waals surface area contributed by atoms with Gasteiger partial charge in [-0.3, -0.25) is 0 Å². The number of aryl methyl sites for hydroxylation is 1. The summed E-state index contributed by atoms with van der Waals surface area (Å²) in [4.78, 5) is 16.6. The van der Waals surface area contributed by atoms with Gasteiger partial charge in [-0.2, -0.15) is 0 Å². The van der Waals surface area contributed by atoms with Crippen molar-refractivity contribution in [2.45, 2.75) is 18.9 Å². The van der Waals surface area contributed by atoms with Crippen molar-refractivity contribution in [1.82, 2.24) is 4.98 Å². The molecule has 0 aliphatic carbocycles. The van der Waals surface area contributed by atoms with Crippen molar-refractivity contribution >= 4 is 34.7 Å². The Morgan fingerprint density at radius 3 is 2.70 bits per heavy atom. The van der Waals surface area contributed by atoms with Crippen LogP contribution in [0.4, 0.5) is 5.69 Å². The van der Waals surface area contributed by atoms with Crippen LogP contribution in [0.5, 0.6) is 0 Å². The van der Waals surface area contributed by atoms with E-state index < -0.39 is 6.10 Å². The first kappa shape index (κ1) is 22.2. The normalized spacial score (nSPS) is 12.2. The van der Waals surface area contributed by atoms with Gasteiger partial charge in [-0.25, -0.2) is 9.78 Å². The van der Waals surface area contributed by atoms with Gasteiger partial charge in [0.25, 0.3) is 0 Å². The number of rotatable bonds is 7. The first-order valence-electron chi connectivity index (χ1n) is 10.8. The minimum absolute atomic E-state index is 0.364. The number of carbonyl (C=O) groups excluding carboxylic acids is 1. The molecule has 4 rings (SSSR count). The molecule has 0 aliphatic rings. The van der Waals surface area contributed by atoms with E-state index in [9.17, 15) is 9.90 Å². The molecule has 5 heteroatoms. The fraction of sp³-hybridized carbons (Fsp3) is 0.143. The van der Waals surface area contributed by atoms with Crippen LogP contribution in [0.2, 0.25) is 0 Å². The molecule has 166 valence electrons. The maximum atomic E-state index is 12.0. The molecule has 0 radical (unpaired) electrons. The van der Waals surface area contributed by atoms with Crippen LogP contribution in [-0.4, -0.2) is 23.2 Å². The molecular formula is C28H26N2O3. The number of benzene rings is 3. The number of nitrogen functional groups attached to an aromatic ring is 1. The first-order chi connectivity index (χ1) is 16.0. The number of nitrogens with two attached hydrogens (primary N) is 1. The second-order valence-electron chi connectivity index (χ2n) is 7.89. The Morgan fingerprint density at radius 2 is 1.85 bits per heavy atom. The number of methoxy groups -OCH3 is 1. The lowest BCUT2D eigenvalue weighted by molar-refractivity contribution is 0.0599. The number of ether oxygens (including phenoxy) is 1. The molecule has 0 fully saturated rings. The van der Waals surface area contributed by atoms with Crippen LogP contribution in [-0.2, 0) is 11.2 Å². The second kappa shape index (κ2) is 10.1. The van der Waals surface area contributed by atoms with Gasteiger partial charge in [0.1, 0.15) is 0 Å². The quantitative estimate of drug-likeness (QED) is 0.296. The minimum Gasteiger partial charge on any atom is -0.465 e. The molecule has 0 unspecified atom stereocenters. The summed E-state index contributed by atoms with van der Waals surface area (Å²) in [5, 5.41) is 11.8. The number of aliphatic hydroxyl groups excluding tert-OH is 1. The smallest absolute Gasteiger partial charge is 0.338 e. The number of nitrogens with zero attached hydrogens (tertiary/aromatic N) is 1. The Labute approximate surface area is 193 Å². The fourth-order valence-corrected chi connectivity index (χ4v) is 3.80. The third-order valence-electron chi connectivity index (χ3n) is 5.59. The molecule has 1 atom stereocenters. The molecule has 0 saturated carbocycles. The number of fused-ring (bicyclic) bond motifs is 1. The largest absolute Gasteiger partial charge is 0.465 e. The Kier molecular flexibility index (Phi) is 6.81. The maximum Gasteiger partial charge on any atom is 0.338 e. The summed E-state index contributed by atoms with van der Waals surface area (Å²) >= 11 is 0. The van der Waals surface area contributed by atoms with E-state index in [1.54, 1.807) is 12.1 Å². The fourth-order valence-electron chi connectivity index (χ4n) is 3.80. The van der Waals surface area contributed by atoms with Crippen LogP contribution in [0.1, 0.15) is 45.3 Å². The molecule has 0 spiro atoms. The molecule has 1 heterocycles. The minimum atomic E-state index is -0.647. The number of esters is 1. The zero-order chi connectivity index (χ0) is 23.2. The molecule has 0 saturated heterocycles. The maximum absolute atomic E-state index is 12.0. The summed E-state index contributed by atoms with van der Waals surface area (Å²) in [5.41, 5.74) is 11.4. The lowest BCUT2D eigenvalue weighted by atomic mass is 9.97. The zero-order valence-corrected chi connectivity index (χ0v) is 18.4. The highest BCUT2D eigenvalue weighted by molar-refractivity contribution is 5.91. The van der Waals surface area contributed by atoms with Crippen LogP contribution in [0.3, 0.4) is 0 Å². The molecule has 3 aromatic carbocycles. The molecule has 33 heavy (non-hydrogen) atoms. The van der Waals surface area contributed by atoms with E-state index >= 15 is 0 Å². The standard InChI is InChI=1S/C28H26N2O3/c1-33-28(32)25-8-3-2-6-20(25)12-16-27(31)22-7-4-5-19(17-22)9-14-24-15-11-21-10-13-23(29)18-26(21)30-24/h2-11,13-15,17-18,27,31H,12,16,29H2,1H3/b14-9+/t27-/m0/s1. The van der Waals surface area contributed by atoms with Crippen molar-refractivity contribution in [1.29, 1.82) is 0 Å². The summed E-state index contributed by atoms with van der Waals surface area (Å²) in [7, 11) is 1.37. The van der Waals surface area contributed by atoms with E-state index in [1.165, 1.54) is 7.11 Å². The van der Waals surface area contributed by atoms with Gasteiger partial charge in [-0.05, 0) is 65.9 Å². The van der Waals surface area contributed by atoms with Crippen molar-refractivity contribution in [3.05, 3.63) is 107 Å². The molecule has 3 N–H and O–H groups in total. The van der Waals surface area contributed by atoms with E-state index in [1.807, 2.05) is 78.9 Å². The average Bonchev–Trinajstić information content (AvgIpc) is 2.85. The van der Waals surface area contributed by atoms with Crippen LogP contribution >= 0.6 is 0 Å². The second-order valence-corrected chi connectivity index (χ2v) is 7.89. The highest BCUT2D eigenvalue weighted by Gasteiger charge is 2.14. The van der Waals surface area contributed by atoms with E-state index in [0.29, 0.717) is 24.1 Å². The van der Waals surface area contributed by atoms with Gasteiger partial charge < -0.3 is 15.6 Å². The lowest BCUT2D eigenvalue weighted by Gasteiger charge is -2.13. The predicted octanol–water partition coefficient (Wildman–Crippen LogP) is 5.44. The van der Waals surface area contributed by atoms with Crippen molar-refractivity contribution in [2.24, 2.45) is 0 Å². The monoisotopic (exact) mass is 438 g/mol. The van der Waals surface area contributed by atoms with E-state index in [0.717, 1.165) is 33.3 Å². The summed E-state index contributed by atoms with van der Waals surface area (Å²) in [5.74, 6) is -0.364. The Hall–Kier alpha value is -3.96. The Bertz CT molecular complexity index is 1310. The summed E-state index contributed by atoms with van der Waals surface area (Å²) in [6.45, 7) is 0. The van der Waals surface area contributed by atoms with Crippen LogP contribution < -0.4 is 5.73 Å². The van der Waals surface area contributed by atoms with E-state index in [2.05, 4.69) is 4.98 Å². The number of hydrogen-bond acceptors (Lipinski definition) is 5. The SMILES string of the molecule is COC(=O)c1ccccc1CC[C@H](O)c1cccc(/C=C/c2ccc3ccc(N)cc3n2)c1. The van der Waals surface area contributed by atoms with E-state index in [4.69, 9.17) is 10.5 Å². The summed E-state index contributed by atoms with van der Waals surface area (Å²) < 4.78 is 4.86. The molecule has 0 bridgehead atoms. The van der Waals surface area contributed by atoms with Gasteiger partial charge >= 0.3 is 5.97 Å². The van der Waals surface area contributed by atoms with Crippen LogP contribution in [0.25, 0.3) is 23.1 Å². The van der Waals surface area contributed by atoms with E-state index in [-0.39, 0.29) is 5.97 Å². The average molecular weight is 439 g/mol. The third-order valence-corrected chi connectivity index (χ3v) is 5.59. The topological polar surface area (TPSA) is 85.4 Å². The van der Waals surface area contributed by atoms with Crippen molar-refractivity contribution in [3.63, 3.8) is 0 Å². The van der Waals surface area contributed by atoms with Crippen LogP contribution in [0.15, 0.2) is 78.9 Å². The van der Waals surface area contributed by atoms with Gasteiger partial charge in [0, 0.05) is 11.1 Å². The highest BCUT2D eigenvalue weighted by Crippen LogP contribution is 2.23. The van der Waals surface area contributed by atoms with Gasteiger partial charge in [-0.1, -0.05) is 54.6 Å². The number of anilines is 1. The molecule has 0 aliphatic heterocycles. The zero-order valence-electron chi connectivity index (χ0n) is 18.4. The Morgan fingerprint density at radius 1 is 1.03 bits per heavy atom. The lowest BCUT2D eigenvalue weighted by Crippen LogP contribution is -2.07. The molecular weight excluding hydrogens is 412 g/mol. The summed E-state index contributed by atoms with van der Waals surface area (Å²) in [6.07, 6.45) is 4.33. The molecule has 5 nitrogen and oxygen atoms in total. The molecule has 1 aromatic heterocycles. The highest BCUT2D eigenvalue weighted by atomic mass is 16.5. The van der Waals surface area contributed by atoms with Gasteiger partial charge in [-0.15, -0.1) is 0 Å². The van der Waals surface area contributed by atoms with Crippen LogP contribution in [0, 0.1) is 0 Å². The molecule has 0 amide bonds. The number of aliphatic hydroxyl groups is 1. The number of carbonyl (C=O) groups is 1. The number of aromatic nitrogens is 1. The van der Waals surface area contributed by atoms with Crippen molar-refractivity contribution in [2.75, 3.05) is 12.8 Å². The molecule has 4 aromatic rings. The number of hydrogen-bond donors (Lipinski definition) is 2. The first-order valence-corrected chi connectivity index (χ1v) is 10.8. The Balaban J connectivity index is 1.46. The third kappa shape index (κ3) is 5.45. The van der Waals surface area contributed by atoms with Crippen molar-refractivity contribution < 1.29 is 14.6 Å². The van der Waals surface area contributed by atoms with Crippen molar-refractivity contribution in [3.8, 4) is 0 Å². The summed E-state index contributed by atoms with van der Waals surface area (Å²) in [6, 6.07) is 24.8. The number of pyridine rings is 1. The van der Waals surface area contributed by atoms with Gasteiger partial charge in [0.05, 0.1) is 30.0 Å². The predicted molar refractivity (Wildman–Crippen MR) is 133 cm³/mol. The van der Waals surface area contributed by atoms with Gasteiger partial charge in [0.15, 0.2) is 0 Å². The van der Waals surface area contributed by atoms with Gasteiger partial charge in [0.2, 0.25) is 0 Å².